The molecule has 3 N–H and O–H groups in total. The molecule has 0 radical (unpaired) electrons. The van der Waals surface area contributed by atoms with Gasteiger partial charge in [0.05, 0.1) is 31.5 Å². The summed E-state index contributed by atoms with van der Waals surface area (Å²) in [5, 5.41) is 9.77. The van der Waals surface area contributed by atoms with E-state index in [0.717, 1.165) is 29.2 Å². The maximum Gasteiger partial charge on any atom is 0.407 e. The molecule has 1 aromatic carbocycles. The van der Waals surface area contributed by atoms with Gasteiger partial charge in [0.2, 0.25) is 0 Å². The van der Waals surface area contributed by atoms with Crippen LogP contribution in [-0.2, 0) is 11.3 Å². The summed E-state index contributed by atoms with van der Waals surface area (Å²) >= 11 is 0. The van der Waals surface area contributed by atoms with Crippen molar-refractivity contribution in [2.24, 2.45) is 5.41 Å². The number of amides is 1. The van der Waals surface area contributed by atoms with Gasteiger partial charge in [-0.2, -0.15) is 0 Å². The minimum absolute atomic E-state index is 0.0159. The normalized spacial score (nSPS) is 21.7. The average molecular weight is 426 g/mol. The number of benzene rings is 1. The lowest BCUT2D eigenvalue weighted by atomic mass is 9.74. The number of carbonyl (C=O) groups is 1. The van der Waals surface area contributed by atoms with E-state index in [9.17, 15) is 9.90 Å². The maximum absolute atomic E-state index is 11.9. The van der Waals surface area contributed by atoms with Crippen molar-refractivity contribution in [2.45, 2.75) is 46.2 Å². The van der Waals surface area contributed by atoms with Crippen molar-refractivity contribution in [3.63, 3.8) is 0 Å². The van der Waals surface area contributed by atoms with E-state index in [1.165, 1.54) is 4.90 Å². The van der Waals surface area contributed by atoms with Gasteiger partial charge in [0.15, 0.2) is 5.82 Å². The summed E-state index contributed by atoms with van der Waals surface area (Å²) in [6, 6.07) is 7.64. The molecule has 1 aromatic heterocycles. The average Bonchev–Trinajstić information content (AvgIpc) is 2.72. The van der Waals surface area contributed by atoms with Gasteiger partial charge in [-0.15, -0.1) is 0 Å². The van der Waals surface area contributed by atoms with E-state index in [4.69, 9.17) is 20.4 Å². The fourth-order valence-electron chi connectivity index (χ4n) is 4.41. The predicted octanol–water partition coefficient (Wildman–Crippen LogP) is 3.57. The molecule has 4 rings (SSSR count). The first-order valence-corrected chi connectivity index (χ1v) is 10.7. The zero-order chi connectivity index (χ0) is 22.3. The molecule has 8 heteroatoms. The molecule has 0 aliphatic carbocycles. The highest BCUT2D eigenvalue weighted by atomic mass is 16.5. The molecule has 2 aromatic rings. The second-order valence-corrected chi connectivity index (χ2v) is 9.55. The maximum atomic E-state index is 11.9. The first-order chi connectivity index (χ1) is 14.6. The number of carboxylic acid groups (broad SMARTS) is 1. The summed E-state index contributed by atoms with van der Waals surface area (Å²) in [7, 11) is 0. The van der Waals surface area contributed by atoms with Crippen LogP contribution in [0.5, 0.6) is 0 Å². The van der Waals surface area contributed by atoms with Crippen molar-refractivity contribution in [1.29, 1.82) is 0 Å². The van der Waals surface area contributed by atoms with Gasteiger partial charge < -0.3 is 25.4 Å². The molecule has 31 heavy (non-hydrogen) atoms. The fourth-order valence-corrected chi connectivity index (χ4v) is 4.41. The summed E-state index contributed by atoms with van der Waals surface area (Å²) in [6.07, 6.45) is -0.922. The number of fused-ring (bicyclic) bond motifs is 1. The van der Waals surface area contributed by atoms with Crippen molar-refractivity contribution >= 4 is 17.6 Å². The molecular formula is C23H31N5O3. The molecule has 166 valence electrons. The Morgan fingerprint density at radius 2 is 1.94 bits per heavy atom. The van der Waals surface area contributed by atoms with Crippen LogP contribution in [-0.4, -0.2) is 58.4 Å². The Hall–Kier alpha value is -2.87. The molecule has 1 unspecified atom stereocenters. The van der Waals surface area contributed by atoms with Gasteiger partial charge in [-0.1, -0.05) is 20.8 Å². The lowest BCUT2D eigenvalue weighted by molar-refractivity contribution is 0.0976. The quantitative estimate of drug-likeness (QED) is 0.709. The number of morpholine rings is 1. The van der Waals surface area contributed by atoms with E-state index < -0.39 is 6.09 Å². The molecule has 1 amide bonds. The van der Waals surface area contributed by atoms with Crippen LogP contribution in [0.3, 0.4) is 0 Å². The first-order valence-electron chi connectivity index (χ1n) is 10.7. The highest BCUT2D eigenvalue weighted by molar-refractivity contribution is 5.68. The van der Waals surface area contributed by atoms with Gasteiger partial charge in [0.1, 0.15) is 5.82 Å². The van der Waals surface area contributed by atoms with Gasteiger partial charge in [-0.25, -0.2) is 14.8 Å². The van der Waals surface area contributed by atoms with E-state index in [1.807, 2.05) is 24.3 Å². The third-order valence-corrected chi connectivity index (χ3v) is 6.22. The van der Waals surface area contributed by atoms with Gasteiger partial charge in [-0.3, -0.25) is 0 Å². The minimum Gasteiger partial charge on any atom is -0.465 e. The second-order valence-electron chi connectivity index (χ2n) is 9.55. The molecule has 0 saturated carbocycles. The van der Waals surface area contributed by atoms with Crippen LogP contribution in [0.4, 0.5) is 16.3 Å². The smallest absolute Gasteiger partial charge is 0.407 e. The molecule has 3 heterocycles. The lowest BCUT2D eigenvalue weighted by Crippen LogP contribution is -2.47. The Bertz CT molecular complexity index is 970. The molecule has 1 fully saturated rings. The zero-order valence-electron chi connectivity index (χ0n) is 18.6. The van der Waals surface area contributed by atoms with E-state index in [0.29, 0.717) is 31.3 Å². The summed E-state index contributed by atoms with van der Waals surface area (Å²) in [6.45, 7) is 11.3. The topological polar surface area (TPSA) is 105 Å². The van der Waals surface area contributed by atoms with Crippen LogP contribution in [0, 0.1) is 5.41 Å². The molecule has 2 aliphatic rings. The molecular weight excluding hydrogens is 394 g/mol. The molecule has 2 atom stereocenters. The van der Waals surface area contributed by atoms with Gasteiger partial charge >= 0.3 is 6.09 Å². The predicted molar refractivity (Wildman–Crippen MR) is 120 cm³/mol. The largest absolute Gasteiger partial charge is 0.465 e. The minimum atomic E-state index is -0.922. The van der Waals surface area contributed by atoms with Crippen LogP contribution in [0.15, 0.2) is 24.3 Å². The van der Waals surface area contributed by atoms with Crippen LogP contribution < -0.4 is 10.6 Å². The summed E-state index contributed by atoms with van der Waals surface area (Å²) in [5.74, 6) is 1.47. The summed E-state index contributed by atoms with van der Waals surface area (Å²) in [4.78, 5) is 25.6. The van der Waals surface area contributed by atoms with Crippen LogP contribution >= 0.6 is 0 Å². The Morgan fingerprint density at radius 1 is 1.23 bits per heavy atom. The number of nitrogens with zero attached hydrogens (tertiary/aromatic N) is 4. The van der Waals surface area contributed by atoms with E-state index in [1.54, 1.807) is 0 Å². The van der Waals surface area contributed by atoms with Crippen molar-refractivity contribution in [3.05, 3.63) is 35.5 Å². The molecule has 0 spiro atoms. The number of aromatic nitrogens is 2. The lowest BCUT2D eigenvalue weighted by Gasteiger charge is -2.43. The zero-order valence-corrected chi connectivity index (χ0v) is 18.6. The molecule has 8 nitrogen and oxygen atoms in total. The Morgan fingerprint density at radius 3 is 2.55 bits per heavy atom. The number of ether oxygens (including phenoxy) is 1. The van der Waals surface area contributed by atoms with Crippen LogP contribution in [0.2, 0.25) is 0 Å². The third-order valence-electron chi connectivity index (χ3n) is 6.22. The number of rotatable bonds is 2. The van der Waals surface area contributed by atoms with Crippen molar-refractivity contribution in [2.75, 3.05) is 36.9 Å². The number of nitrogens with two attached hydrogens (primary N) is 1. The van der Waals surface area contributed by atoms with Crippen LogP contribution in [0.25, 0.3) is 11.4 Å². The number of anilines is 2. The number of hydrogen-bond acceptors (Lipinski definition) is 6. The number of nitrogen functional groups attached to an aromatic ring is 1. The molecule has 2 aliphatic heterocycles. The van der Waals surface area contributed by atoms with Crippen molar-refractivity contribution < 1.29 is 14.6 Å². The molecule has 0 bridgehead atoms. The van der Waals surface area contributed by atoms with E-state index in [-0.39, 0.29) is 23.9 Å². The standard InChI is InChI=1S/C23H31N5O3/c1-14-13-31-10-9-28(14)21-19-17(23(2,3)4)11-27(22(29)30)12-18(19)25-20(26-21)15-5-7-16(24)8-6-15/h5-8,14,17H,9-13,24H2,1-4H3,(H,29,30)/t14?,17-/m1/s1. The molecule has 1 saturated heterocycles. The number of hydrogen-bond donors (Lipinski definition) is 2. The van der Waals surface area contributed by atoms with Gasteiger partial charge in [-0.05, 0) is 36.6 Å². The Balaban J connectivity index is 1.93. The summed E-state index contributed by atoms with van der Waals surface area (Å²) in [5.41, 5.74) is 9.09. The fraction of sp³-hybridized carbons (Fsp3) is 0.522. The summed E-state index contributed by atoms with van der Waals surface area (Å²) < 4.78 is 5.66. The monoisotopic (exact) mass is 425 g/mol. The van der Waals surface area contributed by atoms with Crippen molar-refractivity contribution in [1.82, 2.24) is 14.9 Å². The highest BCUT2D eigenvalue weighted by Gasteiger charge is 2.40. The highest BCUT2D eigenvalue weighted by Crippen LogP contribution is 2.45. The van der Waals surface area contributed by atoms with Crippen molar-refractivity contribution in [3.8, 4) is 11.4 Å². The third kappa shape index (κ3) is 4.17. The Labute approximate surface area is 183 Å². The van der Waals surface area contributed by atoms with Gasteiger partial charge in [0.25, 0.3) is 0 Å². The first kappa shape index (κ1) is 21.4. The van der Waals surface area contributed by atoms with Gasteiger partial charge in [0, 0.05) is 35.8 Å². The van der Waals surface area contributed by atoms with E-state index >= 15 is 0 Å². The SMILES string of the molecule is CC1COCCN1c1nc(-c2ccc(N)cc2)nc2c1[C@H](C(C)(C)C)CN(C(=O)O)C2. The van der Waals surface area contributed by atoms with Crippen LogP contribution in [0.1, 0.15) is 44.9 Å². The Kier molecular flexibility index (Phi) is 5.51. The van der Waals surface area contributed by atoms with E-state index in [2.05, 4.69) is 32.6 Å². The second kappa shape index (κ2) is 8.00.